The summed E-state index contributed by atoms with van der Waals surface area (Å²) in [6.07, 6.45) is 1.19. The molecular formula is C9H19NO2. The van der Waals surface area contributed by atoms with E-state index >= 15 is 0 Å². The van der Waals surface area contributed by atoms with E-state index in [-0.39, 0.29) is 6.23 Å². The Balaban J connectivity index is 2.20. The summed E-state index contributed by atoms with van der Waals surface area (Å²) in [5.41, 5.74) is 0. The molecule has 3 heteroatoms. The second-order valence-corrected chi connectivity index (χ2v) is 3.65. The van der Waals surface area contributed by atoms with Gasteiger partial charge in [0.05, 0.1) is 13.2 Å². The summed E-state index contributed by atoms with van der Waals surface area (Å²) in [7, 11) is 0. The molecule has 1 aliphatic rings. The number of hydrogen-bond donors (Lipinski definition) is 0. The zero-order chi connectivity index (χ0) is 8.97. The molecule has 3 nitrogen and oxygen atoms in total. The third-order valence-corrected chi connectivity index (χ3v) is 1.86. The van der Waals surface area contributed by atoms with Crippen LogP contribution < -0.4 is 0 Å². The molecule has 1 unspecified atom stereocenters. The van der Waals surface area contributed by atoms with Crippen LogP contribution in [0.3, 0.4) is 0 Å². The molecule has 1 rings (SSSR count). The summed E-state index contributed by atoms with van der Waals surface area (Å²) in [5, 5.41) is 1.93. The van der Waals surface area contributed by atoms with Crippen molar-refractivity contribution in [1.82, 2.24) is 5.06 Å². The molecule has 72 valence electrons. The number of hydrogen-bond acceptors (Lipinski definition) is 3. The molecule has 0 amide bonds. The molecule has 0 aromatic rings. The molecule has 0 aliphatic carbocycles. The van der Waals surface area contributed by atoms with Crippen LogP contribution in [0, 0.1) is 5.92 Å². The fourth-order valence-electron chi connectivity index (χ4n) is 1.15. The van der Waals surface area contributed by atoms with E-state index in [1.807, 2.05) is 12.0 Å². The molecule has 0 radical (unpaired) electrons. The Morgan fingerprint density at radius 1 is 1.58 bits per heavy atom. The number of ether oxygens (including phenoxy) is 1. The van der Waals surface area contributed by atoms with Crippen molar-refractivity contribution in [2.75, 3.05) is 19.8 Å². The first kappa shape index (κ1) is 9.96. The van der Waals surface area contributed by atoms with Gasteiger partial charge in [-0.3, -0.25) is 4.84 Å². The molecule has 0 spiro atoms. The molecule has 0 aromatic carbocycles. The quantitative estimate of drug-likeness (QED) is 0.647. The SMILES string of the molecule is CC(C)CON1CCCOC1C. The Bertz CT molecular complexity index is 128. The predicted molar refractivity (Wildman–Crippen MR) is 47.5 cm³/mol. The van der Waals surface area contributed by atoms with Crippen LogP contribution in [-0.4, -0.2) is 31.0 Å². The topological polar surface area (TPSA) is 21.7 Å². The minimum atomic E-state index is 0.123. The zero-order valence-corrected chi connectivity index (χ0v) is 8.25. The van der Waals surface area contributed by atoms with Crippen molar-refractivity contribution in [2.45, 2.75) is 33.4 Å². The van der Waals surface area contributed by atoms with Gasteiger partial charge in [-0.2, -0.15) is 5.06 Å². The Hall–Kier alpha value is -0.120. The van der Waals surface area contributed by atoms with E-state index in [0.717, 1.165) is 26.2 Å². The molecule has 0 N–H and O–H groups in total. The van der Waals surface area contributed by atoms with Crippen molar-refractivity contribution in [2.24, 2.45) is 5.92 Å². The first-order valence-corrected chi connectivity index (χ1v) is 4.71. The number of nitrogens with zero attached hydrogens (tertiary/aromatic N) is 1. The summed E-state index contributed by atoms with van der Waals surface area (Å²) in [5.74, 6) is 0.583. The lowest BCUT2D eigenvalue weighted by atomic mass is 10.2. The van der Waals surface area contributed by atoms with Crippen molar-refractivity contribution in [3.63, 3.8) is 0 Å². The lowest BCUT2D eigenvalue weighted by molar-refractivity contribution is -0.271. The fourth-order valence-corrected chi connectivity index (χ4v) is 1.15. The van der Waals surface area contributed by atoms with Gasteiger partial charge in [-0.15, -0.1) is 0 Å². The summed E-state index contributed by atoms with van der Waals surface area (Å²) in [4.78, 5) is 5.56. The zero-order valence-electron chi connectivity index (χ0n) is 8.25. The monoisotopic (exact) mass is 173 g/mol. The van der Waals surface area contributed by atoms with Gasteiger partial charge in [-0.25, -0.2) is 0 Å². The molecule has 1 aliphatic heterocycles. The second kappa shape index (κ2) is 4.80. The van der Waals surface area contributed by atoms with Crippen LogP contribution >= 0.6 is 0 Å². The van der Waals surface area contributed by atoms with Crippen molar-refractivity contribution in [3.05, 3.63) is 0 Å². The lowest BCUT2D eigenvalue weighted by Crippen LogP contribution is -2.41. The van der Waals surface area contributed by atoms with E-state index < -0.39 is 0 Å². The minimum Gasteiger partial charge on any atom is -0.361 e. The van der Waals surface area contributed by atoms with Gasteiger partial charge in [0.15, 0.2) is 0 Å². The summed E-state index contributed by atoms with van der Waals surface area (Å²) in [6.45, 7) is 8.97. The average Bonchev–Trinajstić information content (AvgIpc) is 2.03. The molecule has 0 saturated carbocycles. The highest BCUT2D eigenvalue weighted by atomic mass is 16.7. The summed E-state index contributed by atoms with van der Waals surface area (Å²) in [6, 6.07) is 0. The summed E-state index contributed by atoms with van der Waals surface area (Å²) >= 11 is 0. The normalized spacial score (nSPS) is 26.5. The van der Waals surface area contributed by atoms with Crippen LogP contribution in [0.15, 0.2) is 0 Å². The van der Waals surface area contributed by atoms with E-state index in [9.17, 15) is 0 Å². The van der Waals surface area contributed by atoms with Gasteiger partial charge in [0, 0.05) is 6.54 Å². The maximum atomic E-state index is 5.56. The highest BCUT2D eigenvalue weighted by Gasteiger charge is 2.19. The van der Waals surface area contributed by atoms with E-state index in [1.165, 1.54) is 0 Å². The minimum absolute atomic E-state index is 0.123. The van der Waals surface area contributed by atoms with Crippen LogP contribution in [0.1, 0.15) is 27.2 Å². The Morgan fingerprint density at radius 3 is 2.92 bits per heavy atom. The molecule has 12 heavy (non-hydrogen) atoms. The standard InChI is InChI=1S/C9H19NO2/c1-8(2)7-12-10-5-4-6-11-9(10)3/h8-9H,4-7H2,1-3H3. The Labute approximate surface area is 74.6 Å². The molecule has 0 aromatic heterocycles. The average molecular weight is 173 g/mol. The van der Waals surface area contributed by atoms with Gasteiger partial charge in [0.25, 0.3) is 0 Å². The smallest absolute Gasteiger partial charge is 0.130 e. The van der Waals surface area contributed by atoms with Gasteiger partial charge in [0.1, 0.15) is 6.23 Å². The lowest BCUT2D eigenvalue weighted by Gasteiger charge is -2.32. The highest BCUT2D eigenvalue weighted by Crippen LogP contribution is 2.10. The van der Waals surface area contributed by atoms with Crippen molar-refractivity contribution in [3.8, 4) is 0 Å². The Morgan fingerprint density at radius 2 is 2.33 bits per heavy atom. The van der Waals surface area contributed by atoms with Gasteiger partial charge in [-0.05, 0) is 19.3 Å². The maximum Gasteiger partial charge on any atom is 0.130 e. The van der Waals surface area contributed by atoms with E-state index in [2.05, 4.69) is 13.8 Å². The first-order valence-electron chi connectivity index (χ1n) is 4.71. The molecule has 0 bridgehead atoms. The van der Waals surface area contributed by atoms with Gasteiger partial charge >= 0.3 is 0 Å². The van der Waals surface area contributed by atoms with Crippen LogP contribution in [0.4, 0.5) is 0 Å². The van der Waals surface area contributed by atoms with Crippen LogP contribution in [0.25, 0.3) is 0 Å². The van der Waals surface area contributed by atoms with Gasteiger partial charge < -0.3 is 4.74 Å². The van der Waals surface area contributed by atoms with Gasteiger partial charge in [0.2, 0.25) is 0 Å². The molecule has 1 heterocycles. The van der Waals surface area contributed by atoms with E-state index in [4.69, 9.17) is 9.57 Å². The maximum absolute atomic E-state index is 5.56. The first-order chi connectivity index (χ1) is 5.70. The van der Waals surface area contributed by atoms with Crippen molar-refractivity contribution < 1.29 is 9.57 Å². The molecule has 1 saturated heterocycles. The molecule has 1 atom stereocenters. The number of hydroxylamine groups is 2. The van der Waals surface area contributed by atoms with Crippen LogP contribution in [0.2, 0.25) is 0 Å². The Kier molecular flexibility index (Phi) is 3.98. The fraction of sp³-hybridized carbons (Fsp3) is 1.00. The van der Waals surface area contributed by atoms with Crippen LogP contribution in [-0.2, 0) is 9.57 Å². The number of rotatable bonds is 3. The largest absolute Gasteiger partial charge is 0.361 e. The van der Waals surface area contributed by atoms with E-state index in [1.54, 1.807) is 0 Å². The molecule has 1 fully saturated rings. The summed E-state index contributed by atoms with van der Waals surface area (Å²) < 4.78 is 5.42. The van der Waals surface area contributed by atoms with Gasteiger partial charge in [-0.1, -0.05) is 13.8 Å². The third kappa shape index (κ3) is 3.09. The van der Waals surface area contributed by atoms with Crippen LogP contribution in [0.5, 0.6) is 0 Å². The third-order valence-electron chi connectivity index (χ3n) is 1.86. The van der Waals surface area contributed by atoms with Crippen molar-refractivity contribution >= 4 is 0 Å². The second-order valence-electron chi connectivity index (χ2n) is 3.65. The predicted octanol–water partition coefficient (Wildman–Crippen LogP) is 1.64. The highest BCUT2D eigenvalue weighted by molar-refractivity contribution is 4.56. The van der Waals surface area contributed by atoms with E-state index in [0.29, 0.717) is 5.92 Å². The molecular weight excluding hydrogens is 154 g/mol. The van der Waals surface area contributed by atoms with Crippen molar-refractivity contribution in [1.29, 1.82) is 0 Å².